The molecule has 0 aliphatic heterocycles. The quantitative estimate of drug-likeness (QED) is 0.790. The van der Waals surface area contributed by atoms with Gasteiger partial charge in [-0.25, -0.2) is 4.79 Å². The van der Waals surface area contributed by atoms with Crippen LogP contribution in [0.25, 0.3) is 0 Å². The zero-order valence-electron chi connectivity index (χ0n) is 11.4. The average Bonchev–Trinajstić information content (AvgIpc) is 3.21. The molecule has 0 bridgehead atoms. The molecule has 1 aromatic rings. The van der Waals surface area contributed by atoms with Crippen LogP contribution >= 0.6 is 0 Å². The molecular weight excluding hydrogens is 246 g/mol. The summed E-state index contributed by atoms with van der Waals surface area (Å²) in [5, 5.41) is 12.9. The van der Waals surface area contributed by atoms with Gasteiger partial charge >= 0.3 is 5.97 Å². The van der Waals surface area contributed by atoms with E-state index in [1.54, 1.807) is 19.1 Å². The summed E-state index contributed by atoms with van der Waals surface area (Å²) in [5.74, 6) is 0.0299. The molecule has 104 valence electrons. The predicted octanol–water partition coefficient (Wildman–Crippen LogP) is 1.54. The summed E-state index contributed by atoms with van der Waals surface area (Å²) in [6.45, 7) is 1.78. The predicted molar refractivity (Wildman–Crippen MR) is 70.2 cm³/mol. The molecule has 1 aliphatic carbocycles. The van der Waals surface area contributed by atoms with Gasteiger partial charge in [0, 0.05) is 6.04 Å². The molecule has 1 fully saturated rings. The van der Waals surface area contributed by atoms with Crippen molar-refractivity contribution < 1.29 is 19.4 Å². The highest BCUT2D eigenvalue weighted by Gasteiger charge is 2.41. The first-order chi connectivity index (χ1) is 9.01. The Morgan fingerprint density at radius 2 is 2.11 bits per heavy atom. The number of carbonyl (C=O) groups excluding carboxylic acids is 1. The van der Waals surface area contributed by atoms with Crippen molar-refractivity contribution >= 4 is 5.97 Å². The van der Waals surface area contributed by atoms with Gasteiger partial charge in [0.15, 0.2) is 11.5 Å². The van der Waals surface area contributed by atoms with Crippen LogP contribution in [0.4, 0.5) is 0 Å². The fraction of sp³-hybridized carbons (Fsp3) is 0.500. The van der Waals surface area contributed by atoms with Crippen molar-refractivity contribution in [1.29, 1.82) is 0 Å². The fourth-order valence-electron chi connectivity index (χ4n) is 2.09. The zero-order valence-corrected chi connectivity index (χ0v) is 11.4. The molecule has 0 radical (unpaired) electrons. The molecule has 1 unspecified atom stereocenters. The van der Waals surface area contributed by atoms with E-state index in [-0.39, 0.29) is 11.7 Å². The molecule has 1 aliphatic rings. The Balaban J connectivity index is 2.39. The number of methoxy groups -OCH3 is 2. The van der Waals surface area contributed by atoms with Crippen molar-refractivity contribution in [3.63, 3.8) is 0 Å². The van der Waals surface area contributed by atoms with E-state index in [2.05, 4.69) is 5.32 Å². The fourth-order valence-corrected chi connectivity index (χ4v) is 2.09. The van der Waals surface area contributed by atoms with Crippen LogP contribution in [0.15, 0.2) is 18.2 Å². The second-order valence-corrected chi connectivity index (χ2v) is 4.92. The number of rotatable bonds is 5. The van der Waals surface area contributed by atoms with E-state index in [1.807, 2.05) is 0 Å². The van der Waals surface area contributed by atoms with Gasteiger partial charge in [-0.2, -0.15) is 0 Å². The van der Waals surface area contributed by atoms with Crippen molar-refractivity contribution in [2.24, 2.45) is 0 Å². The minimum atomic E-state index is -0.934. The van der Waals surface area contributed by atoms with Gasteiger partial charge in [0.1, 0.15) is 5.54 Å². The number of aromatic hydroxyl groups is 1. The second kappa shape index (κ2) is 5.09. The topological polar surface area (TPSA) is 67.8 Å². The van der Waals surface area contributed by atoms with Gasteiger partial charge in [-0.15, -0.1) is 0 Å². The van der Waals surface area contributed by atoms with Crippen molar-refractivity contribution in [1.82, 2.24) is 5.32 Å². The highest BCUT2D eigenvalue weighted by molar-refractivity contribution is 5.82. The number of phenolic OH excluding ortho intramolecular Hbond substituents is 1. The van der Waals surface area contributed by atoms with Gasteiger partial charge in [-0.05, 0) is 37.5 Å². The number of benzene rings is 1. The second-order valence-electron chi connectivity index (χ2n) is 4.92. The number of ether oxygens (including phenoxy) is 2. The molecular formula is C14H19NO4. The van der Waals surface area contributed by atoms with Crippen LogP contribution in [-0.4, -0.2) is 31.3 Å². The Bertz CT molecular complexity index is 484. The molecule has 5 nitrogen and oxygen atoms in total. The van der Waals surface area contributed by atoms with Crippen LogP contribution in [0.3, 0.4) is 0 Å². The number of hydrogen-bond donors (Lipinski definition) is 2. The van der Waals surface area contributed by atoms with Crippen LogP contribution in [0.1, 0.15) is 25.3 Å². The van der Waals surface area contributed by atoms with Gasteiger partial charge in [-0.1, -0.05) is 6.07 Å². The summed E-state index contributed by atoms with van der Waals surface area (Å²) < 4.78 is 9.98. The third-order valence-electron chi connectivity index (χ3n) is 3.42. The molecule has 2 rings (SSSR count). The van der Waals surface area contributed by atoms with E-state index in [0.717, 1.165) is 12.8 Å². The normalized spacial score (nSPS) is 17.6. The Morgan fingerprint density at radius 1 is 1.42 bits per heavy atom. The van der Waals surface area contributed by atoms with Crippen molar-refractivity contribution in [3.8, 4) is 11.5 Å². The highest BCUT2D eigenvalue weighted by Crippen LogP contribution is 2.34. The van der Waals surface area contributed by atoms with Crippen LogP contribution in [0.5, 0.6) is 11.5 Å². The largest absolute Gasteiger partial charge is 0.504 e. The minimum Gasteiger partial charge on any atom is -0.504 e. The maximum absolute atomic E-state index is 12.1. The molecule has 1 aromatic carbocycles. The van der Waals surface area contributed by atoms with E-state index >= 15 is 0 Å². The maximum Gasteiger partial charge on any atom is 0.330 e. The summed E-state index contributed by atoms with van der Waals surface area (Å²) in [6, 6.07) is 5.21. The lowest BCUT2D eigenvalue weighted by Gasteiger charge is -2.29. The Morgan fingerprint density at radius 3 is 2.63 bits per heavy atom. The van der Waals surface area contributed by atoms with Crippen LogP contribution in [0, 0.1) is 0 Å². The summed E-state index contributed by atoms with van der Waals surface area (Å²) >= 11 is 0. The lowest BCUT2D eigenvalue weighted by Crippen LogP contribution is -2.48. The van der Waals surface area contributed by atoms with E-state index < -0.39 is 5.54 Å². The Hall–Kier alpha value is -1.75. The van der Waals surface area contributed by atoms with Gasteiger partial charge in [0.25, 0.3) is 0 Å². The standard InChI is InChI=1S/C14H19NO4/c1-14(13(17)19-3,15-10-5-6-10)9-4-7-11(16)12(8-9)18-2/h4,7-8,10,15-16H,5-6H2,1-3H3. The molecule has 2 N–H and O–H groups in total. The lowest BCUT2D eigenvalue weighted by molar-refractivity contribution is -0.148. The third kappa shape index (κ3) is 2.66. The van der Waals surface area contributed by atoms with Crippen molar-refractivity contribution in [3.05, 3.63) is 23.8 Å². The van der Waals surface area contributed by atoms with E-state index in [9.17, 15) is 9.90 Å². The molecule has 0 saturated heterocycles. The molecule has 19 heavy (non-hydrogen) atoms. The van der Waals surface area contributed by atoms with E-state index in [1.165, 1.54) is 20.3 Å². The average molecular weight is 265 g/mol. The summed E-state index contributed by atoms with van der Waals surface area (Å²) in [4.78, 5) is 12.1. The zero-order chi connectivity index (χ0) is 14.0. The van der Waals surface area contributed by atoms with Crippen molar-refractivity contribution in [2.45, 2.75) is 31.3 Å². The van der Waals surface area contributed by atoms with Crippen LogP contribution in [0.2, 0.25) is 0 Å². The molecule has 5 heteroatoms. The summed E-state index contributed by atoms with van der Waals surface area (Å²) in [5.41, 5.74) is -0.224. The Labute approximate surface area is 112 Å². The van der Waals surface area contributed by atoms with Gasteiger partial charge in [-0.3, -0.25) is 5.32 Å². The van der Waals surface area contributed by atoms with E-state index in [4.69, 9.17) is 9.47 Å². The number of hydrogen-bond acceptors (Lipinski definition) is 5. The first-order valence-electron chi connectivity index (χ1n) is 6.25. The monoisotopic (exact) mass is 265 g/mol. The number of esters is 1. The number of phenols is 1. The molecule has 1 atom stereocenters. The summed E-state index contributed by atoms with van der Waals surface area (Å²) in [7, 11) is 2.84. The lowest BCUT2D eigenvalue weighted by atomic mass is 9.91. The molecule has 0 spiro atoms. The third-order valence-corrected chi connectivity index (χ3v) is 3.42. The molecule has 0 heterocycles. The molecule has 0 aromatic heterocycles. The van der Waals surface area contributed by atoms with Crippen LogP contribution < -0.4 is 10.1 Å². The summed E-state index contributed by atoms with van der Waals surface area (Å²) in [6.07, 6.45) is 2.11. The minimum absolute atomic E-state index is 0.0462. The number of carbonyl (C=O) groups is 1. The number of nitrogens with one attached hydrogen (secondary N) is 1. The first kappa shape index (κ1) is 13.7. The first-order valence-corrected chi connectivity index (χ1v) is 6.25. The van der Waals surface area contributed by atoms with Crippen molar-refractivity contribution in [2.75, 3.05) is 14.2 Å². The smallest absolute Gasteiger partial charge is 0.330 e. The maximum atomic E-state index is 12.1. The Kier molecular flexibility index (Phi) is 3.66. The van der Waals surface area contributed by atoms with Crippen LogP contribution in [-0.2, 0) is 15.1 Å². The SMILES string of the molecule is COC(=O)C(C)(NC1CC1)c1ccc(O)c(OC)c1. The van der Waals surface area contributed by atoms with E-state index in [0.29, 0.717) is 17.4 Å². The van der Waals surface area contributed by atoms with Gasteiger partial charge in [0.2, 0.25) is 0 Å². The highest BCUT2D eigenvalue weighted by atomic mass is 16.5. The molecule has 1 saturated carbocycles. The molecule has 0 amide bonds. The van der Waals surface area contributed by atoms with Gasteiger partial charge in [0.05, 0.1) is 14.2 Å². The van der Waals surface area contributed by atoms with Gasteiger partial charge < -0.3 is 14.6 Å².